The number of rotatable bonds is 5. The summed E-state index contributed by atoms with van der Waals surface area (Å²) in [6, 6.07) is 16.3. The highest BCUT2D eigenvalue weighted by molar-refractivity contribution is 5.98. The van der Waals surface area contributed by atoms with Gasteiger partial charge in [-0.25, -0.2) is 9.97 Å². The summed E-state index contributed by atoms with van der Waals surface area (Å²) < 4.78 is 0. The van der Waals surface area contributed by atoms with Gasteiger partial charge in [-0.3, -0.25) is 14.7 Å². The predicted molar refractivity (Wildman–Crippen MR) is 135 cm³/mol. The van der Waals surface area contributed by atoms with Crippen LogP contribution in [-0.4, -0.2) is 92.9 Å². The number of hydrogen-bond acceptors (Lipinski definition) is 6. The van der Waals surface area contributed by atoms with Crippen molar-refractivity contribution in [3.63, 3.8) is 0 Å². The molecule has 0 unspecified atom stereocenters. The standard InChI is InChI=1S/C27H29N7O/c1-32-10-12-33(13-11-32)21-17-34(18-21)27(35)25-16-20-14-19(5-6-22(20)30-25)15-26-29-9-7-24(31-26)23-4-2-3-8-28-23/h2-9,14,16,21,30H,10-13,15,17-18H2,1H3. The zero-order valence-electron chi connectivity index (χ0n) is 19.9. The number of pyridine rings is 1. The van der Waals surface area contributed by atoms with Crippen LogP contribution >= 0.6 is 0 Å². The third-order valence-electron chi connectivity index (χ3n) is 7.11. The fourth-order valence-electron chi connectivity index (χ4n) is 4.94. The van der Waals surface area contributed by atoms with Crippen LogP contribution in [0, 0.1) is 0 Å². The van der Waals surface area contributed by atoms with Crippen LogP contribution in [0.25, 0.3) is 22.3 Å². The molecule has 0 atom stereocenters. The van der Waals surface area contributed by atoms with Gasteiger partial charge in [0.05, 0.1) is 11.4 Å². The molecule has 3 aromatic heterocycles. The Morgan fingerprint density at radius 1 is 0.971 bits per heavy atom. The summed E-state index contributed by atoms with van der Waals surface area (Å²) in [7, 11) is 2.17. The number of likely N-dealkylation sites (tertiary alicyclic amines) is 1. The average molecular weight is 468 g/mol. The maximum Gasteiger partial charge on any atom is 0.270 e. The molecule has 2 saturated heterocycles. The van der Waals surface area contributed by atoms with E-state index >= 15 is 0 Å². The van der Waals surface area contributed by atoms with Crippen molar-refractivity contribution in [3.05, 3.63) is 78.0 Å². The Bertz CT molecular complexity index is 1340. The number of hydrogen-bond donors (Lipinski definition) is 1. The number of amides is 1. The first kappa shape index (κ1) is 21.9. The minimum atomic E-state index is 0.0829. The van der Waals surface area contributed by atoms with E-state index in [0.29, 0.717) is 18.2 Å². The molecular weight excluding hydrogens is 438 g/mol. The smallest absolute Gasteiger partial charge is 0.270 e. The van der Waals surface area contributed by atoms with Gasteiger partial charge in [0.25, 0.3) is 5.91 Å². The van der Waals surface area contributed by atoms with Crippen molar-refractivity contribution < 1.29 is 4.79 Å². The van der Waals surface area contributed by atoms with Gasteiger partial charge in [0.15, 0.2) is 0 Å². The van der Waals surface area contributed by atoms with Crippen LogP contribution in [0.3, 0.4) is 0 Å². The molecule has 0 saturated carbocycles. The topological polar surface area (TPSA) is 81.2 Å². The Kier molecular flexibility index (Phi) is 5.75. The van der Waals surface area contributed by atoms with Crippen molar-refractivity contribution in [2.24, 2.45) is 0 Å². The van der Waals surface area contributed by atoms with Crippen molar-refractivity contribution in [2.45, 2.75) is 12.5 Å². The van der Waals surface area contributed by atoms with E-state index in [1.165, 1.54) is 0 Å². The second-order valence-corrected chi connectivity index (χ2v) is 9.56. The first-order valence-corrected chi connectivity index (χ1v) is 12.2. The molecular formula is C27H29N7O. The second kappa shape index (κ2) is 9.20. The van der Waals surface area contributed by atoms with Crippen molar-refractivity contribution in [1.29, 1.82) is 0 Å². The summed E-state index contributed by atoms with van der Waals surface area (Å²) in [5.41, 5.74) is 4.38. The van der Waals surface area contributed by atoms with Crippen molar-refractivity contribution in [3.8, 4) is 11.4 Å². The van der Waals surface area contributed by atoms with Crippen LogP contribution in [0.15, 0.2) is 60.9 Å². The molecule has 1 amide bonds. The SMILES string of the molecule is CN1CCN(C2CN(C(=O)c3cc4cc(Cc5nccc(-c6ccccn6)n5)ccc4[nH]3)C2)CC1. The lowest BCUT2D eigenvalue weighted by atomic mass is 10.1. The quantitative estimate of drug-likeness (QED) is 0.486. The van der Waals surface area contributed by atoms with Gasteiger partial charge in [0, 0.05) is 75.0 Å². The van der Waals surface area contributed by atoms with E-state index in [0.717, 1.165) is 72.9 Å². The molecule has 4 aromatic rings. The van der Waals surface area contributed by atoms with Crippen molar-refractivity contribution >= 4 is 16.8 Å². The number of H-pyrrole nitrogens is 1. The Hall–Kier alpha value is -3.62. The van der Waals surface area contributed by atoms with E-state index in [4.69, 9.17) is 4.98 Å². The van der Waals surface area contributed by atoms with E-state index < -0.39 is 0 Å². The van der Waals surface area contributed by atoms with Crippen LogP contribution in [0.1, 0.15) is 21.9 Å². The highest BCUT2D eigenvalue weighted by Gasteiger charge is 2.36. The molecule has 5 heterocycles. The maximum atomic E-state index is 13.1. The van der Waals surface area contributed by atoms with E-state index in [-0.39, 0.29) is 5.91 Å². The summed E-state index contributed by atoms with van der Waals surface area (Å²) in [5.74, 6) is 0.828. The molecule has 1 N–H and O–H groups in total. The van der Waals surface area contributed by atoms with Crippen molar-refractivity contribution in [2.75, 3.05) is 46.3 Å². The zero-order chi connectivity index (χ0) is 23.8. The molecule has 8 heteroatoms. The largest absolute Gasteiger partial charge is 0.351 e. The molecule has 0 aliphatic carbocycles. The summed E-state index contributed by atoms with van der Waals surface area (Å²) in [6.07, 6.45) is 4.16. The molecule has 2 aliphatic heterocycles. The molecule has 2 aliphatic rings. The van der Waals surface area contributed by atoms with Crippen LogP contribution < -0.4 is 0 Å². The first-order valence-electron chi connectivity index (χ1n) is 12.2. The Morgan fingerprint density at radius 3 is 2.63 bits per heavy atom. The summed E-state index contributed by atoms with van der Waals surface area (Å²) in [4.78, 5) is 36.7. The van der Waals surface area contributed by atoms with Gasteiger partial charge in [0.1, 0.15) is 11.5 Å². The van der Waals surface area contributed by atoms with Crippen molar-refractivity contribution in [1.82, 2.24) is 34.6 Å². The van der Waals surface area contributed by atoms with Gasteiger partial charge < -0.3 is 14.8 Å². The molecule has 8 nitrogen and oxygen atoms in total. The second-order valence-electron chi connectivity index (χ2n) is 9.56. The fraction of sp³-hybridized carbons (Fsp3) is 0.333. The number of piperazine rings is 1. The number of carbonyl (C=O) groups excluding carboxylic acids is 1. The molecule has 35 heavy (non-hydrogen) atoms. The van der Waals surface area contributed by atoms with E-state index in [2.05, 4.69) is 43.9 Å². The third-order valence-corrected chi connectivity index (χ3v) is 7.11. The van der Waals surface area contributed by atoms with Gasteiger partial charge in [-0.15, -0.1) is 0 Å². The number of nitrogens with zero attached hydrogens (tertiary/aromatic N) is 6. The number of carbonyl (C=O) groups is 1. The fourth-order valence-corrected chi connectivity index (χ4v) is 4.94. The Balaban J connectivity index is 1.13. The number of fused-ring (bicyclic) bond motifs is 1. The van der Waals surface area contributed by atoms with Gasteiger partial charge >= 0.3 is 0 Å². The lowest BCUT2D eigenvalue weighted by Gasteiger charge is -2.47. The normalized spacial score (nSPS) is 17.6. The average Bonchev–Trinajstić information content (AvgIpc) is 3.29. The molecule has 2 fully saturated rings. The van der Waals surface area contributed by atoms with E-state index in [1.807, 2.05) is 41.3 Å². The summed E-state index contributed by atoms with van der Waals surface area (Å²) >= 11 is 0. The van der Waals surface area contributed by atoms with Crippen LogP contribution in [0.2, 0.25) is 0 Å². The van der Waals surface area contributed by atoms with Gasteiger partial charge in [0.2, 0.25) is 0 Å². The number of nitrogens with one attached hydrogen (secondary N) is 1. The number of likely N-dealkylation sites (N-methyl/N-ethyl adjacent to an activating group) is 1. The minimum absolute atomic E-state index is 0.0829. The number of aromatic amines is 1. The third kappa shape index (κ3) is 4.54. The molecule has 0 spiro atoms. The molecule has 178 valence electrons. The Labute approximate surface area is 204 Å². The maximum absolute atomic E-state index is 13.1. The number of aromatic nitrogens is 4. The molecule has 6 rings (SSSR count). The van der Waals surface area contributed by atoms with E-state index in [9.17, 15) is 4.79 Å². The molecule has 1 aromatic carbocycles. The van der Waals surface area contributed by atoms with E-state index in [1.54, 1.807) is 12.4 Å². The minimum Gasteiger partial charge on any atom is -0.351 e. The summed E-state index contributed by atoms with van der Waals surface area (Å²) in [6.45, 7) is 6.01. The van der Waals surface area contributed by atoms with Gasteiger partial charge in [-0.05, 0) is 49.0 Å². The predicted octanol–water partition coefficient (Wildman–Crippen LogP) is 2.68. The summed E-state index contributed by atoms with van der Waals surface area (Å²) in [5, 5.41) is 1.03. The molecule has 0 radical (unpaired) electrons. The van der Waals surface area contributed by atoms with Crippen LogP contribution in [0.4, 0.5) is 0 Å². The lowest BCUT2D eigenvalue weighted by Crippen LogP contribution is -2.64. The highest BCUT2D eigenvalue weighted by atomic mass is 16.2. The van der Waals surface area contributed by atoms with Gasteiger partial charge in [-0.1, -0.05) is 12.1 Å². The van der Waals surface area contributed by atoms with Crippen LogP contribution in [-0.2, 0) is 6.42 Å². The van der Waals surface area contributed by atoms with Crippen LogP contribution in [0.5, 0.6) is 0 Å². The number of benzene rings is 1. The lowest BCUT2D eigenvalue weighted by molar-refractivity contribution is 0.0107. The van der Waals surface area contributed by atoms with Gasteiger partial charge in [-0.2, -0.15) is 0 Å². The Morgan fingerprint density at radius 2 is 1.83 bits per heavy atom. The zero-order valence-corrected chi connectivity index (χ0v) is 19.9. The molecule has 0 bridgehead atoms. The highest BCUT2D eigenvalue weighted by Crippen LogP contribution is 2.23. The monoisotopic (exact) mass is 467 g/mol. The first-order chi connectivity index (χ1) is 17.1.